The molecule has 2 rings (SSSR count). The van der Waals surface area contributed by atoms with Gasteiger partial charge in [0.1, 0.15) is 5.01 Å². The van der Waals surface area contributed by atoms with Crippen molar-refractivity contribution in [3.8, 4) is 10.6 Å². The van der Waals surface area contributed by atoms with Crippen LogP contribution in [0.4, 0.5) is 0 Å². The maximum atomic E-state index is 5.66. The summed E-state index contributed by atoms with van der Waals surface area (Å²) in [7, 11) is 0. The second-order valence-electron chi connectivity index (χ2n) is 2.00. The van der Waals surface area contributed by atoms with Gasteiger partial charge in [-0.15, -0.1) is 21.5 Å². The van der Waals surface area contributed by atoms with Crippen LogP contribution in [0.2, 0.25) is 4.47 Å². The predicted octanol–water partition coefficient (Wildman–Crippen LogP) is 3.52. The molecule has 0 atom stereocenters. The van der Waals surface area contributed by atoms with Crippen molar-refractivity contribution < 1.29 is 0 Å². The molecule has 12 heavy (non-hydrogen) atoms. The molecule has 0 aliphatic carbocycles. The Morgan fingerprint density at radius 2 is 2.25 bits per heavy atom. The summed E-state index contributed by atoms with van der Waals surface area (Å²) in [5.74, 6) is 0. The lowest BCUT2D eigenvalue weighted by molar-refractivity contribution is 1.10. The van der Waals surface area contributed by atoms with Gasteiger partial charge in [-0.05, 0) is 40.3 Å². The molecular formula is C6H2ClIN2S2. The molecule has 2 aromatic rings. The van der Waals surface area contributed by atoms with Gasteiger partial charge in [0.05, 0.1) is 2.88 Å². The summed E-state index contributed by atoms with van der Waals surface area (Å²) >= 11 is 11.0. The second-order valence-corrected chi connectivity index (χ2v) is 6.36. The Labute approximate surface area is 95.7 Å². The Kier molecular flexibility index (Phi) is 2.63. The van der Waals surface area contributed by atoms with Crippen molar-refractivity contribution >= 4 is 56.9 Å². The minimum Gasteiger partial charge on any atom is -0.137 e. The molecule has 2 nitrogen and oxygen atoms in total. The number of thiophene rings is 1. The van der Waals surface area contributed by atoms with Gasteiger partial charge in [0.15, 0.2) is 0 Å². The average Bonchev–Trinajstić information content (AvgIpc) is 2.58. The van der Waals surface area contributed by atoms with Crippen molar-refractivity contribution in [3.63, 3.8) is 0 Å². The lowest BCUT2D eigenvalue weighted by Crippen LogP contribution is -1.70. The van der Waals surface area contributed by atoms with E-state index >= 15 is 0 Å². The molecule has 0 unspecified atom stereocenters. The number of hydrogen-bond donors (Lipinski definition) is 0. The largest absolute Gasteiger partial charge is 0.207 e. The van der Waals surface area contributed by atoms with E-state index in [4.69, 9.17) is 11.6 Å². The topological polar surface area (TPSA) is 25.8 Å². The first-order valence-electron chi connectivity index (χ1n) is 2.99. The van der Waals surface area contributed by atoms with Gasteiger partial charge in [-0.2, -0.15) is 0 Å². The summed E-state index contributed by atoms with van der Waals surface area (Å²) in [4.78, 5) is 0. The molecule has 2 heterocycles. The van der Waals surface area contributed by atoms with Crippen LogP contribution in [-0.4, -0.2) is 10.2 Å². The summed E-state index contributed by atoms with van der Waals surface area (Å²) in [5.41, 5.74) is 1.11. The van der Waals surface area contributed by atoms with Crippen LogP contribution in [-0.2, 0) is 0 Å². The average molecular weight is 329 g/mol. The lowest BCUT2D eigenvalue weighted by atomic mass is 10.4. The van der Waals surface area contributed by atoms with Gasteiger partial charge in [0, 0.05) is 10.9 Å². The summed E-state index contributed by atoms with van der Waals surface area (Å²) in [6.45, 7) is 0. The zero-order valence-electron chi connectivity index (χ0n) is 5.62. The predicted molar refractivity (Wildman–Crippen MR) is 60.9 cm³/mol. The number of halogens is 2. The normalized spacial score (nSPS) is 10.5. The van der Waals surface area contributed by atoms with Crippen LogP contribution >= 0.6 is 56.9 Å². The molecular weight excluding hydrogens is 327 g/mol. The highest BCUT2D eigenvalue weighted by atomic mass is 127. The first-order valence-corrected chi connectivity index (χ1v) is 6.14. The first-order chi connectivity index (χ1) is 5.75. The van der Waals surface area contributed by atoms with Gasteiger partial charge in [0.2, 0.25) is 4.47 Å². The van der Waals surface area contributed by atoms with Crippen LogP contribution in [0.3, 0.4) is 0 Å². The molecule has 0 saturated carbocycles. The zero-order valence-corrected chi connectivity index (χ0v) is 10.2. The quantitative estimate of drug-likeness (QED) is 0.749. The molecule has 0 aliphatic rings. The minimum absolute atomic E-state index is 0.492. The Morgan fingerprint density at radius 1 is 1.42 bits per heavy atom. The molecule has 0 saturated heterocycles. The smallest absolute Gasteiger partial charge is 0.137 e. The SMILES string of the molecule is Clc1nnc(-c2csc(I)c2)s1. The van der Waals surface area contributed by atoms with Crippen LogP contribution in [0.15, 0.2) is 11.4 Å². The van der Waals surface area contributed by atoms with Gasteiger partial charge in [-0.25, -0.2) is 0 Å². The molecule has 6 heteroatoms. The highest BCUT2D eigenvalue weighted by Gasteiger charge is 2.06. The number of aromatic nitrogens is 2. The van der Waals surface area contributed by atoms with Crippen LogP contribution in [0, 0.1) is 2.88 Å². The van der Waals surface area contributed by atoms with Crippen molar-refractivity contribution in [1.29, 1.82) is 0 Å². The molecule has 0 amide bonds. The van der Waals surface area contributed by atoms with Gasteiger partial charge < -0.3 is 0 Å². The molecule has 62 valence electrons. The Bertz CT molecular complexity index is 359. The van der Waals surface area contributed by atoms with E-state index in [-0.39, 0.29) is 0 Å². The van der Waals surface area contributed by atoms with Crippen molar-refractivity contribution in [2.24, 2.45) is 0 Å². The second kappa shape index (κ2) is 3.57. The van der Waals surface area contributed by atoms with Crippen molar-refractivity contribution in [3.05, 3.63) is 18.8 Å². The van der Waals surface area contributed by atoms with Gasteiger partial charge in [-0.1, -0.05) is 11.3 Å². The van der Waals surface area contributed by atoms with Crippen molar-refractivity contribution in [1.82, 2.24) is 10.2 Å². The molecule has 0 fully saturated rings. The van der Waals surface area contributed by atoms with E-state index < -0.39 is 0 Å². The summed E-state index contributed by atoms with van der Waals surface area (Å²) in [6.07, 6.45) is 0. The summed E-state index contributed by atoms with van der Waals surface area (Å²) < 4.78 is 1.74. The molecule has 0 spiro atoms. The molecule has 0 bridgehead atoms. The maximum absolute atomic E-state index is 5.66. The number of hydrogen-bond acceptors (Lipinski definition) is 4. The fourth-order valence-corrected chi connectivity index (χ4v) is 2.97. The van der Waals surface area contributed by atoms with E-state index in [0.29, 0.717) is 4.47 Å². The monoisotopic (exact) mass is 328 g/mol. The van der Waals surface area contributed by atoms with Gasteiger partial charge in [0.25, 0.3) is 0 Å². The van der Waals surface area contributed by atoms with Crippen molar-refractivity contribution in [2.75, 3.05) is 0 Å². The zero-order chi connectivity index (χ0) is 8.55. The maximum Gasteiger partial charge on any atom is 0.207 e. The van der Waals surface area contributed by atoms with E-state index in [9.17, 15) is 0 Å². The van der Waals surface area contributed by atoms with E-state index in [1.807, 2.05) is 0 Å². The van der Waals surface area contributed by atoms with Crippen molar-refractivity contribution in [2.45, 2.75) is 0 Å². The van der Waals surface area contributed by atoms with Crippen LogP contribution < -0.4 is 0 Å². The molecule has 0 radical (unpaired) electrons. The third-order valence-electron chi connectivity index (χ3n) is 1.21. The molecule has 2 aromatic heterocycles. The number of rotatable bonds is 1. The Morgan fingerprint density at radius 3 is 2.75 bits per heavy atom. The van der Waals surface area contributed by atoms with Crippen LogP contribution in [0.25, 0.3) is 10.6 Å². The van der Waals surface area contributed by atoms with E-state index in [0.717, 1.165) is 10.6 Å². The van der Waals surface area contributed by atoms with Gasteiger partial charge in [-0.3, -0.25) is 0 Å². The third kappa shape index (κ3) is 1.78. The highest BCUT2D eigenvalue weighted by Crippen LogP contribution is 2.30. The first kappa shape index (κ1) is 8.86. The fourth-order valence-electron chi connectivity index (χ4n) is 0.744. The molecule has 0 N–H and O–H groups in total. The van der Waals surface area contributed by atoms with E-state index in [1.54, 1.807) is 11.3 Å². The van der Waals surface area contributed by atoms with Crippen LogP contribution in [0.5, 0.6) is 0 Å². The highest BCUT2D eigenvalue weighted by molar-refractivity contribution is 14.1. The minimum atomic E-state index is 0.492. The lowest BCUT2D eigenvalue weighted by Gasteiger charge is -1.82. The third-order valence-corrected chi connectivity index (χ3v) is 4.07. The van der Waals surface area contributed by atoms with Crippen LogP contribution in [0.1, 0.15) is 0 Å². The Balaban J connectivity index is 2.43. The standard InChI is InChI=1S/C6H2ClIN2S2/c7-6-10-9-5(12-6)3-1-4(8)11-2-3/h1-2H. The molecule has 0 aliphatic heterocycles. The Hall–Kier alpha value is 0.280. The van der Waals surface area contributed by atoms with E-state index in [2.05, 4.69) is 44.2 Å². The summed E-state index contributed by atoms with van der Waals surface area (Å²) in [6, 6.07) is 2.07. The number of nitrogens with zero attached hydrogens (tertiary/aromatic N) is 2. The fraction of sp³-hybridized carbons (Fsp3) is 0. The van der Waals surface area contributed by atoms with E-state index in [1.165, 1.54) is 14.2 Å². The molecule has 0 aromatic carbocycles. The summed E-state index contributed by atoms with van der Waals surface area (Å²) in [5, 5.41) is 10.6. The van der Waals surface area contributed by atoms with Gasteiger partial charge >= 0.3 is 0 Å².